The number of hydrogen-bond acceptors (Lipinski definition) is 4. The van der Waals surface area contributed by atoms with E-state index in [1.807, 2.05) is 0 Å². The van der Waals surface area contributed by atoms with Crippen molar-refractivity contribution in [3.05, 3.63) is 59.7 Å². The topological polar surface area (TPSA) is 79.0 Å². The normalized spacial score (nSPS) is 23.4. The number of carbonyl (C=O) groups excluding carboxylic acids is 1. The number of ether oxygens (including phenoxy) is 1. The maximum Gasteiger partial charge on any atom is 0.279 e. The highest BCUT2D eigenvalue weighted by molar-refractivity contribution is 7.87. The Morgan fingerprint density at radius 2 is 1.82 bits per heavy atom. The zero-order chi connectivity index (χ0) is 23.8. The first-order chi connectivity index (χ1) is 15.7. The second-order valence-electron chi connectivity index (χ2n) is 8.59. The molecule has 2 aromatic rings. The fourth-order valence-corrected chi connectivity index (χ4v) is 5.02. The largest absolute Gasteiger partial charge is 0.378 e. The molecular formula is C23H27F2N3O4S. The number of benzene rings is 2. The Hall–Kier alpha value is -2.40. The molecule has 0 radical (unpaired) electrons. The summed E-state index contributed by atoms with van der Waals surface area (Å²) in [6.45, 7) is 1.02. The van der Waals surface area contributed by atoms with Crippen molar-refractivity contribution in [2.45, 2.75) is 18.4 Å². The Bertz CT molecular complexity index is 1120. The number of halogens is 2. The van der Waals surface area contributed by atoms with Crippen LogP contribution in [0, 0.1) is 17.6 Å². The van der Waals surface area contributed by atoms with E-state index in [1.54, 1.807) is 29.2 Å². The van der Waals surface area contributed by atoms with Crippen molar-refractivity contribution in [1.29, 1.82) is 0 Å². The molecule has 3 atom stereocenters. The lowest BCUT2D eigenvalue weighted by atomic mass is 9.95. The highest BCUT2D eigenvalue weighted by Crippen LogP contribution is 2.51. The van der Waals surface area contributed by atoms with Gasteiger partial charge in [0.25, 0.3) is 10.2 Å². The molecule has 0 spiro atoms. The lowest BCUT2D eigenvalue weighted by Gasteiger charge is -2.25. The van der Waals surface area contributed by atoms with E-state index in [1.165, 1.54) is 32.3 Å². The van der Waals surface area contributed by atoms with Gasteiger partial charge in [-0.1, -0.05) is 30.3 Å². The van der Waals surface area contributed by atoms with E-state index in [0.717, 1.165) is 9.87 Å². The van der Waals surface area contributed by atoms with Gasteiger partial charge in [0.05, 0.1) is 24.8 Å². The second-order valence-corrected chi connectivity index (χ2v) is 10.5. The van der Waals surface area contributed by atoms with Gasteiger partial charge >= 0.3 is 0 Å². The summed E-state index contributed by atoms with van der Waals surface area (Å²) in [5.41, 5.74) is 1.09. The zero-order valence-corrected chi connectivity index (χ0v) is 19.3. The first kappa shape index (κ1) is 23.7. The van der Waals surface area contributed by atoms with E-state index >= 15 is 0 Å². The highest BCUT2D eigenvalue weighted by atomic mass is 32.2. The Balaban J connectivity index is 1.51. The van der Waals surface area contributed by atoms with Crippen LogP contribution < -0.4 is 4.72 Å². The molecule has 1 aliphatic carbocycles. The zero-order valence-electron chi connectivity index (χ0n) is 18.5. The molecule has 0 aromatic heterocycles. The third-order valence-electron chi connectivity index (χ3n) is 6.07. The standard InChI is InChI=1S/C23H27F2N3O4S/c1-27(2)33(30,31)26-15-13-28(10-11-32-14-15)23(29)19-12-18(19)16-6-3-4-7-17(16)22-20(24)8-5-9-21(22)25/h3-9,15,18-19,26H,10-14H2,1-2H3/t15-,18+,19-/m1/s1. The first-order valence-electron chi connectivity index (χ1n) is 10.8. The van der Waals surface area contributed by atoms with E-state index in [0.29, 0.717) is 25.1 Å². The van der Waals surface area contributed by atoms with Crippen LogP contribution in [0.1, 0.15) is 17.9 Å². The minimum Gasteiger partial charge on any atom is -0.378 e. The molecule has 1 saturated carbocycles. The number of rotatable bonds is 6. The predicted octanol–water partition coefficient (Wildman–Crippen LogP) is 2.36. The van der Waals surface area contributed by atoms with E-state index in [9.17, 15) is 22.0 Å². The van der Waals surface area contributed by atoms with Crippen LogP contribution in [-0.4, -0.2) is 70.0 Å². The lowest BCUT2D eigenvalue weighted by molar-refractivity contribution is -0.132. The number of amides is 1. The Morgan fingerprint density at radius 3 is 2.52 bits per heavy atom. The van der Waals surface area contributed by atoms with Crippen molar-refractivity contribution in [1.82, 2.24) is 13.9 Å². The van der Waals surface area contributed by atoms with Crippen molar-refractivity contribution in [2.24, 2.45) is 5.92 Å². The maximum atomic E-state index is 14.4. The van der Waals surface area contributed by atoms with Crippen LogP contribution >= 0.6 is 0 Å². The molecule has 33 heavy (non-hydrogen) atoms. The van der Waals surface area contributed by atoms with Crippen molar-refractivity contribution < 1.29 is 26.7 Å². The Morgan fingerprint density at radius 1 is 1.12 bits per heavy atom. The van der Waals surface area contributed by atoms with Gasteiger partial charge in [-0.3, -0.25) is 4.79 Å². The molecule has 0 unspecified atom stereocenters. The third-order valence-corrected chi connectivity index (χ3v) is 7.67. The van der Waals surface area contributed by atoms with E-state index in [-0.39, 0.29) is 36.5 Å². The van der Waals surface area contributed by atoms with E-state index < -0.39 is 27.9 Å². The number of nitrogens with one attached hydrogen (secondary N) is 1. The fraction of sp³-hybridized carbons (Fsp3) is 0.435. The average molecular weight is 480 g/mol. The minimum absolute atomic E-state index is 0.0903. The monoisotopic (exact) mass is 479 g/mol. The van der Waals surface area contributed by atoms with Crippen molar-refractivity contribution >= 4 is 16.1 Å². The van der Waals surface area contributed by atoms with Gasteiger partial charge in [-0.25, -0.2) is 8.78 Å². The van der Waals surface area contributed by atoms with Gasteiger partial charge in [0.1, 0.15) is 11.6 Å². The van der Waals surface area contributed by atoms with Gasteiger partial charge in [0, 0.05) is 33.1 Å². The predicted molar refractivity (Wildman–Crippen MR) is 120 cm³/mol. The van der Waals surface area contributed by atoms with Crippen molar-refractivity contribution in [2.75, 3.05) is 40.4 Å². The van der Waals surface area contributed by atoms with Crippen LogP contribution in [0.3, 0.4) is 0 Å². The van der Waals surface area contributed by atoms with Gasteiger partial charge in [0.15, 0.2) is 0 Å². The molecular weight excluding hydrogens is 452 g/mol. The average Bonchev–Trinajstić information content (AvgIpc) is 3.57. The number of nitrogens with zero attached hydrogens (tertiary/aromatic N) is 2. The Kier molecular flexibility index (Phi) is 6.81. The number of hydrogen-bond donors (Lipinski definition) is 1. The third kappa shape index (κ3) is 5.08. The molecule has 1 N–H and O–H groups in total. The van der Waals surface area contributed by atoms with Gasteiger partial charge in [0.2, 0.25) is 5.91 Å². The molecule has 10 heteroatoms. The van der Waals surface area contributed by atoms with E-state index in [4.69, 9.17) is 4.74 Å². The van der Waals surface area contributed by atoms with Gasteiger partial charge in [-0.2, -0.15) is 17.4 Å². The number of carbonyl (C=O) groups is 1. The summed E-state index contributed by atoms with van der Waals surface area (Å²) in [4.78, 5) is 14.9. The molecule has 1 heterocycles. The van der Waals surface area contributed by atoms with Gasteiger partial charge in [-0.05, 0) is 35.6 Å². The van der Waals surface area contributed by atoms with Crippen LogP contribution in [-0.2, 0) is 19.7 Å². The molecule has 1 aliphatic heterocycles. The molecule has 2 aliphatic rings. The fourth-order valence-electron chi connectivity index (χ4n) is 4.25. The van der Waals surface area contributed by atoms with Crippen molar-refractivity contribution in [3.63, 3.8) is 0 Å². The summed E-state index contributed by atoms with van der Waals surface area (Å²) >= 11 is 0. The Labute approximate surface area is 192 Å². The smallest absolute Gasteiger partial charge is 0.279 e. The molecule has 1 saturated heterocycles. The summed E-state index contributed by atoms with van der Waals surface area (Å²) in [7, 11) is -0.823. The summed E-state index contributed by atoms with van der Waals surface area (Å²) in [5.74, 6) is -1.89. The molecule has 178 valence electrons. The molecule has 1 amide bonds. The van der Waals surface area contributed by atoms with Crippen LogP contribution in [0.2, 0.25) is 0 Å². The quantitative estimate of drug-likeness (QED) is 0.690. The molecule has 0 bridgehead atoms. The first-order valence-corrected chi connectivity index (χ1v) is 12.2. The van der Waals surface area contributed by atoms with Crippen LogP contribution in [0.4, 0.5) is 8.78 Å². The molecule has 2 aromatic carbocycles. The summed E-state index contributed by atoms with van der Waals surface area (Å²) < 4.78 is 62.4. The lowest BCUT2D eigenvalue weighted by Crippen LogP contribution is -2.49. The minimum atomic E-state index is -3.67. The summed E-state index contributed by atoms with van der Waals surface area (Å²) in [5, 5.41) is 0. The second kappa shape index (κ2) is 9.46. The molecule has 2 fully saturated rings. The van der Waals surface area contributed by atoms with Gasteiger partial charge < -0.3 is 9.64 Å². The van der Waals surface area contributed by atoms with Crippen LogP contribution in [0.15, 0.2) is 42.5 Å². The highest BCUT2D eigenvalue weighted by Gasteiger charge is 2.47. The van der Waals surface area contributed by atoms with Crippen molar-refractivity contribution in [3.8, 4) is 11.1 Å². The van der Waals surface area contributed by atoms with Crippen LogP contribution in [0.5, 0.6) is 0 Å². The SMILES string of the molecule is CN(C)S(=O)(=O)N[C@H]1COCCN(C(=O)[C@@H]2C[C@H]2c2ccccc2-c2c(F)cccc2F)C1. The van der Waals surface area contributed by atoms with Crippen LogP contribution in [0.25, 0.3) is 11.1 Å². The molecule has 4 rings (SSSR count). The van der Waals surface area contributed by atoms with Gasteiger partial charge in [-0.15, -0.1) is 0 Å². The van der Waals surface area contributed by atoms with E-state index in [2.05, 4.69) is 4.72 Å². The summed E-state index contributed by atoms with van der Waals surface area (Å²) in [6.07, 6.45) is 0.567. The maximum absolute atomic E-state index is 14.4. The molecule has 7 nitrogen and oxygen atoms in total. The summed E-state index contributed by atoms with van der Waals surface area (Å²) in [6, 6.07) is 10.2.